The minimum absolute atomic E-state index is 0.0903. The Hall–Kier alpha value is -2.71. The Morgan fingerprint density at radius 2 is 2.05 bits per heavy atom. The van der Waals surface area contributed by atoms with E-state index < -0.39 is 11.9 Å². The molecule has 0 aromatic carbocycles. The molecule has 114 valence electrons. The molecule has 0 saturated carbocycles. The van der Waals surface area contributed by atoms with Gasteiger partial charge in [-0.15, -0.1) is 5.10 Å². The van der Waals surface area contributed by atoms with Crippen LogP contribution in [0.4, 0.5) is 13.2 Å². The van der Waals surface area contributed by atoms with Crippen LogP contribution in [-0.4, -0.2) is 29.8 Å². The molecule has 0 bridgehead atoms. The standard InChI is InChI=1S/C13H11F3N6/c1-21-7-10(12(19-21)13(14,15)16)11-8-22(20-18-11)6-9-3-2-4-17-5-9/h2-5,7-8H,6H2,1H3. The predicted molar refractivity (Wildman–Crippen MR) is 70.6 cm³/mol. The minimum Gasteiger partial charge on any atom is -0.275 e. The zero-order chi connectivity index (χ0) is 15.7. The molecule has 3 heterocycles. The van der Waals surface area contributed by atoms with E-state index >= 15 is 0 Å². The Balaban J connectivity index is 1.92. The van der Waals surface area contributed by atoms with Crippen molar-refractivity contribution in [2.24, 2.45) is 7.05 Å². The maximum absolute atomic E-state index is 13.0. The lowest BCUT2D eigenvalue weighted by Crippen LogP contribution is -2.08. The Kier molecular flexibility index (Phi) is 3.39. The van der Waals surface area contributed by atoms with Crippen LogP contribution in [0.2, 0.25) is 0 Å². The largest absolute Gasteiger partial charge is 0.435 e. The first-order valence-corrected chi connectivity index (χ1v) is 6.34. The number of aromatic nitrogens is 6. The summed E-state index contributed by atoms with van der Waals surface area (Å²) in [6.07, 6.45) is 1.50. The van der Waals surface area contributed by atoms with Crippen molar-refractivity contribution in [1.82, 2.24) is 29.8 Å². The second kappa shape index (κ2) is 5.24. The van der Waals surface area contributed by atoms with Crippen molar-refractivity contribution in [2.75, 3.05) is 0 Å². The van der Waals surface area contributed by atoms with E-state index in [4.69, 9.17) is 0 Å². The van der Waals surface area contributed by atoms with Crippen LogP contribution in [-0.2, 0) is 19.8 Å². The first kappa shape index (κ1) is 14.2. The van der Waals surface area contributed by atoms with Gasteiger partial charge in [0.1, 0.15) is 5.69 Å². The van der Waals surface area contributed by atoms with Crippen molar-refractivity contribution >= 4 is 0 Å². The number of rotatable bonds is 3. The van der Waals surface area contributed by atoms with Crippen LogP contribution < -0.4 is 0 Å². The van der Waals surface area contributed by atoms with Crippen LogP contribution in [0.15, 0.2) is 36.9 Å². The van der Waals surface area contributed by atoms with Crippen LogP contribution in [0.3, 0.4) is 0 Å². The average molecular weight is 308 g/mol. The zero-order valence-corrected chi connectivity index (χ0v) is 11.5. The number of hydrogen-bond acceptors (Lipinski definition) is 4. The number of hydrogen-bond donors (Lipinski definition) is 0. The summed E-state index contributed by atoms with van der Waals surface area (Å²) in [5.41, 5.74) is -0.0543. The van der Waals surface area contributed by atoms with Crippen LogP contribution in [0.25, 0.3) is 11.3 Å². The zero-order valence-electron chi connectivity index (χ0n) is 11.5. The number of alkyl halides is 3. The lowest BCUT2D eigenvalue weighted by atomic mass is 10.2. The Morgan fingerprint density at radius 3 is 2.73 bits per heavy atom. The highest BCUT2D eigenvalue weighted by atomic mass is 19.4. The molecule has 3 rings (SSSR count). The number of nitrogens with zero attached hydrogens (tertiary/aromatic N) is 6. The van der Waals surface area contributed by atoms with E-state index in [1.807, 2.05) is 6.07 Å². The van der Waals surface area contributed by atoms with E-state index in [9.17, 15) is 13.2 Å². The number of aryl methyl sites for hydroxylation is 1. The van der Waals surface area contributed by atoms with Crippen molar-refractivity contribution in [3.63, 3.8) is 0 Å². The molecule has 6 nitrogen and oxygen atoms in total. The molecule has 0 saturated heterocycles. The molecule has 0 aliphatic carbocycles. The Labute approximate surface area is 123 Å². The predicted octanol–water partition coefficient (Wildman–Crippen LogP) is 2.14. The molecule has 0 radical (unpaired) electrons. The molecule has 0 spiro atoms. The van der Waals surface area contributed by atoms with E-state index in [1.54, 1.807) is 18.5 Å². The maximum atomic E-state index is 13.0. The van der Waals surface area contributed by atoms with E-state index in [0.717, 1.165) is 10.2 Å². The summed E-state index contributed by atoms with van der Waals surface area (Å²) >= 11 is 0. The lowest BCUT2D eigenvalue weighted by Gasteiger charge is -2.03. The molecule has 0 N–H and O–H groups in total. The highest BCUT2D eigenvalue weighted by molar-refractivity contribution is 5.60. The Morgan fingerprint density at radius 1 is 1.23 bits per heavy atom. The second-order valence-electron chi connectivity index (χ2n) is 4.73. The quantitative estimate of drug-likeness (QED) is 0.744. The smallest absolute Gasteiger partial charge is 0.275 e. The van der Waals surface area contributed by atoms with Gasteiger partial charge in [0.2, 0.25) is 0 Å². The first-order valence-electron chi connectivity index (χ1n) is 6.34. The Bertz CT molecular complexity index is 775. The normalized spacial score (nSPS) is 11.8. The molecule has 9 heteroatoms. The topological polar surface area (TPSA) is 61.4 Å². The van der Waals surface area contributed by atoms with Crippen LogP contribution in [0.5, 0.6) is 0 Å². The number of halogens is 3. The summed E-state index contributed by atoms with van der Waals surface area (Å²) in [5.74, 6) is 0. The summed E-state index contributed by atoms with van der Waals surface area (Å²) in [6.45, 7) is 0.377. The van der Waals surface area contributed by atoms with Gasteiger partial charge in [0, 0.05) is 25.6 Å². The molecule has 0 aliphatic heterocycles. The van der Waals surface area contributed by atoms with Crippen molar-refractivity contribution < 1.29 is 13.2 Å². The van der Waals surface area contributed by atoms with Gasteiger partial charge in [-0.3, -0.25) is 9.67 Å². The van der Waals surface area contributed by atoms with Gasteiger partial charge >= 0.3 is 6.18 Å². The van der Waals surface area contributed by atoms with Crippen LogP contribution in [0, 0.1) is 0 Å². The monoisotopic (exact) mass is 308 g/mol. The van der Waals surface area contributed by atoms with Crippen molar-refractivity contribution in [2.45, 2.75) is 12.7 Å². The highest BCUT2D eigenvalue weighted by Crippen LogP contribution is 2.34. The summed E-state index contributed by atoms with van der Waals surface area (Å²) in [4.78, 5) is 3.97. The third-order valence-electron chi connectivity index (χ3n) is 2.98. The molecule has 0 aliphatic rings. The van der Waals surface area contributed by atoms with Gasteiger partial charge in [-0.1, -0.05) is 11.3 Å². The van der Waals surface area contributed by atoms with Crippen LogP contribution in [0.1, 0.15) is 11.3 Å². The molecular weight excluding hydrogens is 297 g/mol. The summed E-state index contributed by atoms with van der Waals surface area (Å²) in [7, 11) is 1.43. The molecule has 0 unspecified atom stereocenters. The molecule has 0 atom stereocenters. The summed E-state index contributed by atoms with van der Waals surface area (Å²) in [6, 6.07) is 3.62. The third-order valence-corrected chi connectivity index (χ3v) is 2.98. The second-order valence-corrected chi connectivity index (χ2v) is 4.73. The van der Waals surface area contributed by atoms with E-state index in [2.05, 4.69) is 20.4 Å². The van der Waals surface area contributed by atoms with Crippen LogP contribution >= 0.6 is 0 Å². The van der Waals surface area contributed by atoms with Gasteiger partial charge in [-0.2, -0.15) is 18.3 Å². The van der Waals surface area contributed by atoms with Gasteiger partial charge < -0.3 is 0 Å². The fourth-order valence-electron chi connectivity index (χ4n) is 2.06. The van der Waals surface area contributed by atoms with Gasteiger partial charge in [0.25, 0.3) is 0 Å². The van der Waals surface area contributed by atoms with Crippen molar-refractivity contribution in [3.8, 4) is 11.3 Å². The third kappa shape index (κ3) is 2.83. The maximum Gasteiger partial charge on any atom is 0.435 e. The summed E-state index contributed by atoms with van der Waals surface area (Å²) < 4.78 is 41.5. The van der Waals surface area contributed by atoms with E-state index in [-0.39, 0.29) is 11.3 Å². The average Bonchev–Trinajstić information content (AvgIpc) is 3.06. The van der Waals surface area contributed by atoms with E-state index in [0.29, 0.717) is 6.54 Å². The van der Waals surface area contributed by atoms with Gasteiger partial charge in [0.05, 0.1) is 18.3 Å². The molecule has 3 aromatic rings. The van der Waals surface area contributed by atoms with E-state index in [1.165, 1.54) is 24.1 Å². The van der Waals surface area contributed by atoms with Crippen molar-refractivity contribution in [3.05, 3.63) is 48.2 Å². The minimum atomic E-state index is -4.54. The van der Waals surface area contributed by atoms with Gasteiger partial charge in [0.15, 0.2) is 5.69 Å². The fraction of sp³-hybridized carbons (Fsp3) is 0.231. The van der Waals surface area contributed by atoms with Crippen molar-refractivity contribution in [1.29, 1.82) is 0 Å². The molecule has 0 fully saturated rings. The fourth-order valence-corrected chi connectivity index (χ4v) is 2.06. The highest BCUT2D eigenvalue weighted by Gasteiger charge is 2.38. The number of pyridine rings is 1. The molecule has 22 heavy (non-hydrogen) atoms. The molecule has 0 amide bonds. The lowest BCUT2D eigenvalue weighted by molar-refractivity contribution is -0.141. The first-order chi connectivity index (χ1) is 10.4. The van der Waals surface area contributed by atoms with Gasteiger partial charge in [-0.05, 0) is 11.6 Å². The SMILES string of the molecule is Cn1cc(-c2cn(Cc3cccnc3)nn2)c(C(F)(F)F)n1. The summed E-state index contributed by atoms with van der Waals surface area (Å²) in [5, 5.41) is 11.1. The molecule has 3 aromatic heterocycles. The van der Waals surface area contributed by atoms with Gasteiger partial charge in [-0.25, -0.2) is 4.68 Å². The molecular formula is C13H11F3N6.